The lowest BCUT2D eigenvalue weighted by atomic mass is 10.2. The van der Waals surface area contributed by atoms with Gasteiger partial charge in [0.15, 0.2) is 5.82 Å². The second-order valence-electron chi connectivity index (χ2n) is 4.35. The molecule has 0 fully saturated rings. The molecule has 0 atom stereocenters. The van der Waals surface area contributed by atoms with Gasteiger partial charge >= 0.3 is 0 Å². The van der Waals surface area contributed by atoms with Gasteiger partial charge in [-0.05, 0) is 36.4 Å². The average Bonchev–Trinajstić information content (AvgIpc) is 2.96. The zero-order valence-electron chi connectivity index (χ0n) is 11.0. The summed E-state index contributed by atoms with van der Waals surface area (Å²) in [4.78, 5) is 5.27. The van der Waals surface area contributed by atoms with Gasteiger partial charge in [0.25, 0.3) is 5.89 Å². The van der Waals surface area contributed by atoms with Gasteiger partial charge in [-0.2, -0.15) is 4.98 Å². The van der Waals surface area contributed by atoms with E-state index in [-0.39, 0.29) is 5.82 Å². The van der Waals surface area contributed by atoms with Gasteiger partial charge in [0.2, 0.25) is 0 Å². The van der Waals surface area contributed by atoms with E-state index in [1.807, 2.05) is 18.2 Å². The Morgan fingerprint density at radius 3 is 2.62 bits per heavy atom. The van der Waals surface area contributed by atoms with Crippen LogP contribution in [0.3, 0.4) is 0 Å². The maximum Gasteiger partial charge on any atom is 0.260 e. The highest BCUT2D eigenvalue weighted by Gasteiger charge is 2.11. The summed E-state index contributed by atoms with van der Waals surface area (Å²) >= 11 is 1.51. The Morgan fingerprint density at radius 1 is 1.10 bits per heavy atom. The SMILES string of the molecule is Nc1ccccc1-c1nc(CSc2ccc(F)cc2)no1. The van der Waals surface area contributed by atoms with Crippen LogP contribution in [0.15, 0.2) is 57.9 Å². The molecule has 2 N–H and O–H groups in total. The van der Waals surface area contributed by atoms with Crippen LogP contribution in [0.1, 0.15) is 5.82 Å². The van der Waals surface area contributed by atoms with Crippen LogP contribution in [-0.2, 0) is 5.75 Å². The molecule has 0 saturated carbocycles. The zero-order valence-corrected chi connectivity index (χ0v) is 11.8. The number of para-hydroxylation sites is 1. The second kappa shape index (κ2) is 5.97. The molecule has 2 aromatic carbocycles. The summed E-state index contributed by atoms with van der Waals surface area (Å²) < 4.78 is 18.0. The lowest BCUT2D eigenvalue weighted by Crippen LogP contribution is -1.89. The Hall–Kier alpha value is -2.34. The smallest absolute Gasteiger partial charge is 0.260 e. The van der Waals surface area contributed by atoms with Crippen LogP contribution < -0.4 is 5.73 Å². The molecule has 106 valence electrons. The van der Waals surface area contributed by atoms with Gasteiger partial charge in [0.1, 0.15) is 5.82 Å². The molecule has 0 radical (unpaired) electrons. The Bertz CT molecular complexity index is 743. The second-order valence-corrected chi connectivity index (χ2v) is 5.39. The first-order valence-electron chi connectivity index (χ1n) is 6.28. The predicted octanol–water partition coefficient (Wildman–Crippen LogP) is 3.75. The summed E-state index contributed by atoms with van der Waals surface area (Å²) in [5.74, 6) is 1.27. The molecular formula is C15H12FN3OS. The molecule has 0 aliphatic heterocycles. The van der Waals surface area contributed by atoms with Crippen molar-refractivity contribution < 1.29 is 8.91 Å². The Kier molecular flexibility index (Phi) is 3.87. The van der Waals surface area contributed by atoms with Crippen LogP contribution in [0.2, 0.25) is 0 Å². The molecule has 0 amide bonds. The number of benzene rings is 2. The van der Waals surface area contributed by atoms with E-state index < -0.39 is 0 Å². The van der Waals surface area contributed by atoms with Gasteiger partial charge < -0.3 is 10.3 Å². The molecule has 4 nitrogen and oxygen atoms in total. The Labute approximate surface area is 125 Å². The normalized spacial score (nSPS) is 10.7. The number of nitrogens with zero attached hydrogens (tertiary/aromatic N) is 2. The largest absolute Gasteiger partial charge is 0.398 e. The molecule has 1 aromatic heterocycles. The van der Waals surface area contributed by atoms with Crippen LogP contribution in [0.25, 0.3) is 11.5 Å². The van der Waals surface area contributed by atoms with E-state index in [0.717, 1.165) is 10.5 Å². The van der Waals surface area contributed by atoms with Crippen molar-refractivity contribution >= 4 is 17.4 Å². The van der Waals surface area contributed by atoms with Crippen LogP contribution in [-0.4, -0.2) is 10.1 Å². The third-order valence-electron chi connectivity index (χ3n) is 2.84. The minimum atomic E-state index is -0.249. The Morgan fingerprint density at radius 2 is 1.86 bits per heavy atom. The fourth-order valence-electron chi connectivity index (χ4n) is 1.79. The molecule has 6 heteroatoms. The van der Waals surface area contributed by atoms with E-state index in [0.29, 0.717) is 23.2 Å². The quantitative estimate of drug-likeness (QED) is 0.587. The van der Waals surface area contributed by atoms with Gasteiger partial charge in [-0.3, -0.25) is 0 Å². The van der Waals surface area contributed by atoms with E-state index in [1.54, 1.807) is 18.2 Å². The number of hydrogen-bond acceptors (Lipinski definition) is 5. The number of rotatable bonds is 4. The minimum absolute atomic E-state index is 0.249. The highest BCUT2D eigenvalue weighted by atomic mass is 32.2. The molecule has 1 heterocycles. The van der Waals surface area contributed by atoms with Crippen LogP contribution in [0.4, 0.5) is 10.1 Å². The van der Waals surface area contributed by atoms with Crippen molar-refractivity contribution in [2.24, 2.45) is 0 Å². The van der Waals surface area contributed by atoms with E-state index in [2.05, 4.69) is 10.1 Å². The minimum Gasteiger partial charge on any atom is -0.398 e. The first-order chi connectivity index (χ1) is 10.2. The van der Waals surface area contributed by atoms with Crippen LogP contribution >= 0.6 is 11.8 Å². The number of thioether (sulfide) groups is 1. The predicted molar refractivity (Wildman–Crippen MR) is 80.1 cm³/mol. The molecule has 0 bridgehead atoms. The van der Waals surface area contributed by atoms with Crippen molar-refractivity contribution in [3.8, 4) is 11.5 Å². The highest BCUT2D eigenvalue weighted by molar-refractivity contribution is 7.98. The van der Waals surface area contributed by atoms with Gasteiger partial charge in [-0.15, -0.1) is 11.8 Å². The van der Waals surface area contributed by atoms with Gasteiger partial charge in [-0.1, -0.05) is 17.3 Å². The van der Waals surface area contributed by atoms with Gasteiger partial charge in [0.05, 0.1) is 11.3 Å². The van der Waals surface area contributed by atoms with Gasteiger partial charge in [0, 0.05) is 10.6 Å². The summed E-state index contributed by atoms with van der Waals surface area (Å²) in [7, 11) is 0. The molecular weight excluding hydrogens is 289 g/mol. The number of nitrogens with two attached hydrogens (primary N) is 1. The highest BCUT2D eigenvalue weighted by Crippen LogP contribution is 2.26. The monoisotopic (exact) mass is 301 g/mol. The Balaban J connectivity index is 1.71. The number of aromatic nitrogens is 2. The lowest BCUT2D eigenvalue weighted by molar-refractivity contribution is 0.425. The van der Waals surface area contributed by atoms with Crippen molar-refractivity contribution in [3.05, 3.63) is 60.2 Å². The summed E-state index contributed by atoms with van der Waals surface area (Å²) in [6, 6.07) is 13.6. The number of halogens is 1. The van der Waals surface area contributed by atoms with Crippen molar-refractivity contribution in [2.75, 3.05) is 5.73 Å². The summed E-state index contributed by atoms with van der Waals surface area (Å²) in [5, 5.41) is 3.93. The number of hydrogen-bond donors (Lipinski definition) is 1. The maximum atomic E-state index is 12.8. The van der Waals surface area contributed by atoms with Crippen molar-refractivity contribution in [2.45, 2.75) is 10.6 Å². The topological polar surface area (TPSA) is 64.9 Å². The molecule has 0 saturated heterocycles. The van der Waals surface area contributed by atoms with E-state index in [9.17, 15) is 4.39 Å². The molecule has 3 rings (SSSR count). The van der Waals surface area contributed by atoms with E-state index in [4.69, 9.17) is 10.3 Å². The average molecular weight is 301 g/mol. The first kappa shape index (κ1) is 13.6. The fraction of sp³-hybridized carbons (Fsp3) is 0.0667. The summed E-state index contributed by atoms with van der Waals surface area (Å²) in [5.41, 5.74) is 7.19. The maximum absolute atomic E-state index is 12.8. The van der Waals surface area contributed by atoms with Crippen molar-refractivity contribution in [3.63, 3.8) is 0 Å². The van der Waals surface area contributed by atoms with Crippen LogP contribution in [0, 0.1) is 5.82 Å². The standard InChI is InChI=1S/C15H12FN3OS/c16-10-5-7-11(8-6-10)21-9-14-18-15(20-19-14)12-3-1-2-4-13(12)17/h1-8H,9,17H2. The third kappa shape index (κ3) is 3.22. The van der Waals surface area contributed by atoms with Crippen molar-refractivity contribution in [1.82, 2.24) is 10.1 Å². The number of nitrogen functional groups attached to an aromatic ring is 1. The van der Waals surface area contributed by atoms with Crippen molar-refractivity contribution in [1.29, 1.82) is 0 Å². The molecule has 0 spiro atoms. The zero-order chi connectivity index (χ0) is 14.7. The molecule has 0 aliphatic rings. The van der Waals surface area contributed by atoms with Gasteiger partial charge in [-0.25, -0.2) is 4.39 Å². The van der Waals surface area contributed by atoms with Crippen LogP contribution in [0.5, 0.6) is 0 Å². The molecule has 3 aromatic rings. The summed E-state index contributed by atoms with van der Waals surface area (Å²) in [6.07, 6.45) is 0. The molecule has 0 aliphatic carbocycles. The summed E-state index contributed by atoms with van der Waals surface area (Å²) in [6.45, 7) is 0. The molecule has 21 heavy (non-hydrogen) atoms. The fourth-order valence-corrected chi connectivity index (χ4v) is 2.53. The first-order valence-corrected chi connectivity index (χ1v) is 7.27. The third-order valence-corrected chi connectivity index (χ3v) is 3.85. The van der Waals surface area contributed by atoms with E-state index >= 15 is 0 Å². The van der Waals surface area contributed by atoms with E-state index in [1.165, 1.54) is 23.9 Å². The molecule has 0 unspecified atom stereocenters. The lowest BCUT2D eigenvalue weighted by Gasteiger charge is -1.98. The number of anilines is 1.